The molecule has 1 amide bonds. The second kappa shape index (κ2) is 6.30. The lowest BCUT2D eigenvalue weighted by Crippen LogP contribution is -2.35. The lowest BCUT2D eigenvalue weighted by Gasteiger charge is -2.06. The summed E-state index contributed by atoms with van der Waals surface area (Å²) < 4.78 is 25.4. The fourth-order valence-corrected chi connectivity index (χ4v) is 2.36. The van der Waals surface area contributed by atoms with Crippen molar-refractivity contribution in [3.8, 4) is 0 Å². The maximum Gasteiger partial charge on any atom is 0.335 e. The molecule has 0 aromatic heterocycles. The summed E-state index contributed by atoms with van der Waals surface area (Å²) in [7, 11) is -2.23. The molecule has 0 aliphatic rings. The molecule has 0 heterocycles. The molecule has 0 aliphatic carbocycles. The zero-order valence-electron chi connectivity index (χ0n) is 10.2. The number of amides is 1. The Labute approximate surface area is 110 Å². The van der Waals surface area contributed by atoms with Crippen LogP contribution in [-0.4, -0.2) is 39.0 Å². The summed E-state index contributed by atoms with van der Waals surface area (Å²) in [5.41, 5.74) is 0.522. The van der Waals surface area contributed by atoms with Crippen molar-refractivity contribution in [2.45, 2.75) is 5.75 Å². The highest BCUT2D eigenvalue weighted by atomic mass is 32.2. The van der Waals surface area contributed by atoms with Gasteiger partial charge in [-0.1, -0.05) is 12.1 Å². The summed E-state index contributed by atoms with van der Waals surface area (Å²) in [6, 6.07) is 5.49. The molecule has 8 heteroatoms. The Morgan fingerprint density at radius 2 is 1.79 bits per heavy atom. The Balaban J connectivity index is 2.67. The van der Waals surface area contributed by atoms with Gasteiger partial charge in [0.1, 0.15) is 0 Å². The fraction of sp³-hybridized carbons (Fsp3) is 0.273. The van der Waals surface area contributed by atoms with E-state index in [9.17, 15) is 18.0 Å². The summed E-state index contributed by atoms with van der Waals surface area (Å²) >= 11 is 0. The van der Waals surface area contributed by atoms with Crippen LogP contribution in [0.1, 0.15) is 15.9 Å². The van der Waals surface area contributed by atoms with Crippen LogP contribution >= 0.6 is 0 Å². The number of carbonyl (C=O) groups excluding carboxylic acids is 1. The van der Waals surface area contributed by atoms with Crippen molar-refractivity contribution in [3.05, 3.63) is 35.4 Å². The quantitative estimate of drug-likeness (QED) is 0.655. The zero-order valence-corrected chi connectivity index (χ0v) is 11.0. The van der Waals surface area contributed by atoms with Gasteiger partial charge in [-0.05, 0) is 17.7 Å². The molecule has 0 radical (unpaired) electrons. The van der Waals surface area contributed by atoms with Crippen molar-refractivity contribution in [2.24, 2.45) is 0 Å². The number of nitrogens with one attached hydrogen (secondary N) is 2. The van der Waals surface area contributed by atoms with Crippen molar-refractivity contribution in [1.82, 2.24) is 10.0 Å². The van der Waals surface area contributed by atoms with Crippen LogP contribution in [0.25, 0.3) is 0 Å². The molecular weight excluding hydrogens is 272 g/mol. The highest BCUT2D eigenvalue weighted by Gasteiger charge is 2.13. The monoisotopic (exact) mass is 286 g/mol. The average Bonchev–Trinajstić information content (AvgIpc) is 2.36. The first-order valence-electron chi connectivity index (χ1n) is 5.34. The predicted molar refractivity (Wildman–Crippen MR) is 68.1 cm³/mol. The van der Waals surface area contributed by atoms with Crippen molar-refractivity contribution >= 4 is 21.9 Å². The summed E-state index contributed by atoms with van der Waals surface area (Å²) in [5, 5.41) is 11.0. The number of likely N-dealkylation sites (N-methyl/N-ethyl adjacent to an activating group) is 1. The van der Waals surface area contributed by atoms with Crippen molar-refractivity contribution in [3.63, 3.8) is 0 Å². The summed E-state index contributed by atoms with van der Waals surface area (Å²) in [6.07, 6.45) is 0. The van der Waals surface area contributed by atoms with Crippen LogP contribution in [0.4, 0.5) is 0 Å². The van der Waals surface area contributed by atoms with Crippen molar-refractivity contribution < 1.29 is 23.1 Å². The number of hydrogen-bond acceptors (Lipinski definition) is 4. The summed E-state index contributed by atoms with van der Waals surface area (Å²) in [4.78, 5) is 21.6. The van der Waals surface area contributed by atoms with Gasteiger partial charge in [-0.25, -0.2) is 17.9 Å². The molecular formula is C11H14N2O5S. The molecule has 0 atom stereocenters. The van der Waals surface area contributed by atoms with E-state index in [4.69, 9.17) is 5.11 Å². The molecule has 0 fully saturated rings. The van der Waals surface area contributed by atoms with Gasteiger partial charge in [-0.15, -0.1) is 0 Å². The number of carboxylic acid groups (broad SMARTS) is 1. The predicted octanol–water partition coefficient (Wildman–Crippen LogP) is -0.450. The maximum absolute atomic E-state index is 11.6. The molecule has 7 nitrogen and oxygen atoms in total. The number of aromatic carboxylic acids is 1. The van der Waals surface area contributed by atoms with Crippen molar-refractivity contribution in [1.29, 1.82) is 0 Å². The number of rotatable bonds is 6. The molecule has 0 saturated heterocycles. The van der Waals surface area contributed by atoms with Crippen LogP contribution in [0.15, 0.2) is 24.3 Å². The Morgan fingerprint density at radius 1 is 1.21 bits per heavy atom. The van der Waals surface area contributed by atoms with E-state index in [1.807, 2.05) is 0 Å². The molecule has 104 valence electrons. The molecule has 3 N–H and O–H groups in total. The van der Waals surface area contributed by atoms with Gasteiger partial charge in [0.05, 0.1) is 17.9 Å². The van der Waals surface area contributed by atoms with Gasteiger partial charge in [0, 0.05) is 7.05 Å². The zero-order chi connectivity index (χ0) is 14.5. The highest BCUT2D eigenvalue weighted by Crippen LogP contribution is 2.07. The van der Waals surface area contributed by atoms with Crippen LogP contribution in [0.2, 0.25) is 0 Å². The number of carboxylic acids is 1. The molecule has 0 aliphatic heterocycles. The van der Waals surface area contributed by atoms with E-state index in [1.54, 1.807) is 0 Å². The number of sulfonamides is 1. The largest absolute Gasteiger partial charge is 0.478 e. The standard InChI is InChI=1S/C11H14N2O5S/c1-12-10(14)6-13-19(17,18)7-8-2-4-9(5-3-8)11(15)16/h2-5,13H,6-7H2,1H3,(H,12,14)(H,15,16). The minimum absolute atomic E-state index is 0.0828. The second-order valence-corrected chi connectivity index (χ2v) is 5.56. The van der Waals surface area contributed by atoms with Crippen LogP contribution in [-0.2, 0) is 20.6 Å². The summed E-state index contributed by atoms with van der Waals surface area (Å²) in [5.74, 6) is -1.83. The molecule has 1 aromatic carbocycles. The van der Waals surface area contributed by atoms with E-state index < -0.39 is 21.9 Å². The van der Waals surface area contributed by atoms with E-state index in [-0.39, 0.29) is 17.9 Å². The third-order valence-corrected chi connectivity index (χ3v) is 3.59. The first-order valence-corrected chi connectivity index (χ1v) is 6.99. The fourth-order valence-electron chi connectivity index (χ4n) is 1.28. The second-order valence-electron chi connectivity index (χ2n) is 3.76. The topological polar surface area (TPSA) is 113 Å². The third-order valence-electron chi connectivity index (χ3n) is 2.29. The van der Waals surface area contributed by atoms with Gasteiger partial charge in [-0.2, -0.15) is 0 Å². The van der Waals surface area contributed by atoms with E-state index >= 15 is 0 Å². The van der Waals surface area contributed by atoms with E-state index in [0.29, 0.717) is 5.56 Å². The minimum atomic E-state index is -3.63. The Morgan fingerprint density at radius 3 is 2.26 bits per heavy atom. The van der Waals surface area contributed by atoms with Crippen LogP contribution in [0, 0.1) is 0 Å². The van der Waals surface area contributed by atoms with E-state index in [1.165, 1.54) is 31.3 Å². The Hall–Kier alpha value is -1.93. The van der Waals surface area contributed by atoms with Crippen LogP contribution < -0.4 is 10.0 Å². The van der Waals surface area contributed by atoms with Crippen LogP contribution in [0.3, 0.4) is 0 Å². The first-order chi connectivity index (χ1) is 8.84. The number of hydrogen-bond donors (Lipinski definition) is 3. The number of benzene rings is 1. The maximum atomic E-state index is 11.6. The highest BCUT2D eigenvalue weighted by molar-refractivity contribution is 7.88. The SMILES string of the molecule is CNC(=O)CNS(=O)(=O)Cc1ccc(C(=O)O)cc1. The van der Waals surface area contributed by atoms with Gasteiger partial charge in [0.2, 0.25) is 15.9 Å². The van der Waals surface area contributed by atoms with E-state index in [0.717, 1.165) is 0 Å². The smallest absolute Gasteiger partial charge is 0.335 e. The van der Waals surface area contributed by atoms with Gasteiger partial charge >= 0.3 is 5.97 Å². The van der Waals surface area contributed by atoms with Crippen molar-refractivity contribution in [2.75, 3.05) is 13.6 Å². The lowest BCUT2D eigenvalue weighted by molar-refractivity contribution is -0.119. The normalized spacial score (nSPS) is 11.0. The Kier molecular flexibility index (Phi) is 5.02. The van der Waals surface area contributed by atoms with Gasteiger partial charge in [0.25, 0.3) is 0 Å². The van der Waals surface area contributed by atoms with Gasteiger partial charge < -0.3 is 10.4 Å². The average molecular weight is 286 g/mol. The molecule has 1 aromatic rings. The lowest BCUT2D eigenvalue weighted by atomic mass is 10.1. The summed E-state index contributed by atoms with van der Waals surface area (Å²) in [6.45, 7) is -0.327. The molecule has 0 spiro atoms. The minimum Gasteiger partial charge on any atom is -0.478 e. The van der Waals surface area contributed by atoms with Gasteiger partial charge in [0.15, 0.2) is 0 Å². The molecule has 19 heavy (non-hydrogen) atoms. The molecule has 0 bridgehead atoms. The number of carbonyl (C=O) groups is 2. The van der Waals surface area contributed by atoms with E-state index in [2.05, 4.69) is 10.0 Å². The molecule has 0 unspecified atom stereocenters. The Bertz CT molecular complexity index is 565. The molecule has 0 saturated carbocycles. The molecule has 1 rings (SSSR count). The first kappa shape index (κ1) is 15.1. The third kappa shape index (κ3) is 5.06. The van der Waals surface area contributed by atoms with Gasteiger partial charge in [-0.3, -0.25) is 4.79 Å². The van der Waals surface area contributed by atoms with Crippen LogP contribution in [0.5, 0.6) is 0 Å².